The van der Waals surface area contributed by atoms with Crippen LogP contribution in [0.25, 0.3) is 0 Å². The maximum Gasteiger partial charge on any atom is 0.127 e. The van der Waals surface area contributed by atoms with Crippen LogP contribution in [0, 0.1) is 5.82 Å². The molecule has 2 aromatic rings. The van der Waals surface area contributed by atoms with Gasteiger partial charge in [0.15, 0.2) is 0 Å². The Kier molecular flexibility index (Phi) is 3.83. The third kappa shape index (κ3) is 2.61. The summed E-state index contributed by atoms with van der Waals surface area (Å²) in [6, 6.07) is 15.2. The van der Waals surface area contributed by atoms with Crippen molar-refractivity contribution in [2.75, 3.05) is 0 Å². The highest BCUT2D eigenvalue weighted by molar-refractivity contribution is 5.33. The fourth-order valence-corrected chi connectivity index (χ4v) is 3.31. The van der Waals surface area contributed by atoms with Crippen LogP contribution in [0.4, 0.5) is 4.39 Å². The molecule has 0 aliphatic heterocycles. The molecule has 2 N–H and O–H groups in total. The topological polar surface area (TPSA) is 26.0 Å². The van der Waals surface area contributed by atoms with Crippen LogP contribution in [0.2, 0.25) is 0 Å². The van der Waals surface area contributed by atoms with E-state index in [4.69, 9.17) is 5.73 Å². The standard InChI is InChI=1S/C18H20FN/c19-17-11-4-3-10-16(17)18(20)12-14-8-5-7-13-6-1-2-9-15(13)14/h1-4,6,9-11,14,18H,5,7-8,12,20H2. The van der Waals surface area contributed by atoms with Gasteiger partial charge in [0.05, 0.1) is 0 Å². The van der Waals surface area contributed by atoms with Crippen LogP contribution in [0.1, 0.15) is 47.9 Å². The third-order valence-electron chi connectivity index (χ3n) is 4.34. The van der Waals surface area contributed by atoms with Crippen molar-refractivity contribution in [2.24, 2.45) is 5.73 Å². The van der Waals surface area contributed by atoms with E-state index in [-0.39, 0.29) is 11.9 Å². The molecule has 20 heavy (non-hydrogen) atoms. The van der Waals surface area contributed by atoms with E-state index in [0.29, 0.717) is 11.5 Å². The first-order valence-corrected chi connectivity index (χ1v) is 7.33. The smallest absolute Gasteiger partial charge is 0.127 e. The second kappa shape index (κ2) is 5.76. The molecule has 0 saturated carbocycles. The number of aryl methyl sites for hydroxylation is 1. The lowest BCUT2D eigenvalue weighted by molar-refractivity contribution is 0.465. The Bertz CT molecular complexity index is 593. The van der Waals surface area contributed by atoms with Crippen LogP contribution >= 0.6 is 0 Å². The summed E-state index contributed by atoms with van der Waals surface area (Å²) in [5.74, 6) is 0.263. The fraction of sp³-hybridized carbons (Fsp3) is 0.333. The Morgan fingerprint density at radius 3 is 2.70 bits per heavy atom. The van der Waals surface area contributed by atoms with Crippen molar-refractivity contribution >= 4 is 0 Å². The van der Waals surface area contributed by atoms with Gasteiger partial charge in [-0.05, 0) is 48.8 Å². The van der Waals surface area contributed by atoms with Crippen LogP contribution < -0.4 is 5.73 Å². The summed E-state index contributed by atoms with van der Waals surface area (Å²) in [5, 5.41) is 0. The summed E-state index contributed by atoms with van der Waals surface area (Å²) in [6.45, 7) is 0. The number of hydrogen-bond acceptors (Lipinski definition) is 1. The van der Waals surface area contributed by atoms with Gasteiger partial charge in [0, 0.05) is 11.6 Å². The van der Waals surface area contributed by atoms with E-state index in [9.17, 15) is 4.39 Å². The van der Waals surface area contributed by atoms with Crippen LogP contribution in [-0.4, -0.2) is 0 Å². The first-order chi connectivity index (χ1) is 9.75. The molecule has 2 aromatic carbocycles. The molecule has 0 saturated heterocycles. The van der Waals surface area contributed by atoms with E-state index in [2.05, 4.69) is 24.3 Å². The maximum absolute atomic E-state index is 13.8. The summed E-state index contributed by atoms with van der Waals surface area (Å²) in [7, 11) is 0. The average molecular weight is 269 g/mol. The molecule has 0 fully saturated rings. The monoisotopic (exact) mass is 269 g/mol. The number of hydrogen-bond donors (Lipinski definition) is 1. The summed E-state index contributed by atoms with van der Waals surface area (Å²) < 4.78 is 13.8. The maximum atomic E-state index is 13.8. The van der Waals surface area contributed by atoms with Gasteiger partial charge >= 0.3 is 0 Å². The quantitative estimate of drug-likeness (QED) is 0.881. The van der Waals surface area contributed by atoms with E-state index in [1.807, 2.05) is 6.07 Å². The van der Waals surface area contributed by atoms with Gasteiger partial charge in [-0.1, -0.05) is 42.5 Å². The van der Waals surface area contributed by atoms with Crippen molar-refractivity contribution in [3.63, 3.8) is 0 Å². The lowest BCUT2D eigenvalue weighted by atomic mass is 9.79. The van der Waals surface area contributed by atoms with Crippen molar-refractivity contribution in [3.05, 3.63) is 71.0 Å². The predicted octanol–water partition coefficient (Wildman–Crippen LogP) is 4.34. The molecule has 0 aromatic heterocycles. The Labute approximate surface area is 119 Å². The predicted molar refractivity (Wildman–Crippen MR) is 80.1 cm³/mol. The van der Waals surface area contributed by atoms with E-state index in [1.165, 1.54) is 23.6 Å². The molecule has 104 valence electrons. The summed E-state index contributed by atoms with van der Waals surface area (Å²) >= 11 is 0. The second-order valence-corrected chi connectivity index (χ2v) is 5.65. The number of benzene rings is 2. The number of halogens is 1. The van der Waals surface area contributed by atoms with Gasteiger partial charge in [0.2, 0.25) is 0 Å². The van der Waals surface area contributed by atoms with Crippen molar-refractivity contribution in [3.8, 4) is 0 Å². The number of fused-ring (bicyclic) bond motifs is 1. The summed E-state index contributed by atoms with van der Waals surface area (Å²) in [6.07, 6.45) is 4.32. The lowest BCUT2D eigenvalue weighted by Gasteiger charge is -2.28. The van der Waals surface area contributed by atoms with Crippen LogP contribution in [-0.2, 0) is 6.42 Å². The fourth-order valence-electron chi connectivity index (χ4n) is 3.31. The zero-order valence-electron chi connectivity index (χ0n) is 11.6. The first-order valence-electron chi connectivity index (χ1n) is 7.33. The van der Waals surface area contributed by atoms with Gasteiger partial charge < -0.3 is 5.73 Å². The highest BCUT2D eigenvalue weighted by Crippen LogP contribution is 2.37. The SMILES string of the molecule is NC(CC1CCCc2ccccc21)c1ccccc1F. The minimum absolute atomic E-state index is 0.191. The van der Waals surface area contributed by atoms with Crippen molar-refractivity contribution < 1.29 is 4.39 Å². The third-order valence-corrected chi connectivity index (χ3v) is 4.34. The normalized spacial score (nSPS) is 19.4. The van der Waals surface area contributed by atoms with Gasteiger partial charge in [-0.2, -0.15) is 0 Å². The van der Waals surface area contributed by atoms with Crippen molar-refractivity contribution in [2.45, 2.75) is 37.6 Å². The largest absolute Gasteiger partial charge is 0.324 e. The zero-order valence-corrected chi connectivity index (χ0v) is 11.6. The Morgan fingerprint density at radius 1 is 1.10 bits per heavy atom. The zero-order chi connectivity index (χ0) is 13.9. The van der Waals surface area contributed by atoms with Crippen LogP contribution in [0.15, 0.2) is 48.5 Å². The molecule has 2 unspecified atom stereocenters. The Hall–Kier alpha value is -1.67. The highest BCUT2D eigenvalue weighted by Gasteiger charge is 2.23. The Morgan fingerprint density at radius 2 is 1.85 bits per heavy atom. The van der Waals surface area contributed by atoms with E-state index >= 15 is 0 Å². The van der Waals surface area contributed by atoms with Gasteiger partial charge in [-0.3, -0.25) is 0 Å². The Balaban J connectivity index is 1.81. The highest BCUT2D eigenvalue weighted by atomic mass is 19.1. The second-order valence-electron chi connectivity index (χ2n) is 5.65. The van der Waals surface area contributed by atoms with Crippen LogP contribution in [0.5, 0.6) is 0 Å². The minimum atomic E-state index is -0.229. The van der Waals surface area contributed by atoms with Gasteiger partial charge in [-0.25, -0.2) is 4.39 Å². The molecule has 0 amide bonds. The molecule has 0 heterocycles. The summed E-state index contributed by atoms with van der Waals surface area (Å²) in [4.78, 5) is 0. The number of rotatable bonds is 3. The molecule has 2 heteroatoms. The molecule has 0 spiro atoms. The molecule has 1 aliphatic rings. The van der Waals surface area contributed by atoms with E-state index < -0.39 is 0 Å². The summed E-state index contributed by atoms with van der Waals surface area (Å²) in [5.41, 5.74) is 9.72. The van der Waals surface area contributed by atoms with Gasteiger partial charge in [-0.15, -0.1) is 0 Å². The molecule has 2 atom stereocenters. The molecule has 3 rings (SSSR count). The molecular weight excluding hydrogens is 249 g/mol. The lowest BCUT2D eigenvalue weighted by Crippen LogP contribution is -2.19. The molecule has 0 radical (unpaired) electrons. The van der Waals surface area contributed by atoms with Gasteiger partial charge in [0.25, 0.3) is 0 Å². The van der Waals surface area contributed by atoms with Crippen LogP contribution in [0.3, 0.4) is 0 Å². The van der Waals surface area contributed by atoms with Crippen molar-refractivity contribution in [1.29, 1.82) is 0 Å². The first kappa shape index (κ1) is 13.3. The average Bonchev–Trinajstić information content (AvgIpc) is 2.48. The number of nitrogens with two attached hydrogens (primary N) is 1. The molecule has 0 bridgehead atoms. The van der Waals surface area contributed by atoms with Gasteiger partial charge in [0.1, 0.15) is 5.82 Å². The van der Waals surface area contributed by atoms with E-state index in [0.717, 1.165) is 19.3 Å². The molecular formula is C18H20FN. The molecule has 1 nitrogen and oxygen atoms in total. The van der Waals surface area contributed by atoms with Crippen molar-refractivity contribution in [1.82, 2.24) is 0 Å². The van der Waals surface area contributed by atoms with E-state index in [1.54, 1.807) is 12.1 Å². The minimum Gasteiger partial charge on any atom is -0.324 e. The molecule has 1 aliphatic carbocycles.